The van der Waals surface area contributed by atoms with Crippen molar-refractivity contribution in [2.45, 2.75) is 33.4 Å². The Morgan fingerprint density at radius 3 is 2.86 bits per heavy atom. The third kappa shape index (κ3) is 3.46. The van der Waals surface area contributed by atoms with Crippen molar-refractivity contribution in [1.29, 1.82) is 0 Å². The summed E-state index contributed by atoms with van der Waals surface area (Å²) in [4.78, 5) is 10.3. The molecule has 0 bridgehead atoms. The van der Waals surface area contributed by atoms with Gasteiger partial charge in [-0.2, -0.15) is 0 Å². The minimum atomic E-state index is 0.828. The summed E-state index contributed by atoms with van der Waals surface area (Å²) < 4.78 is 0. The molecule has 1 N–H and O–H groups in total. The minimum absolute atomic E-state index is 0.828. The molecule has 0 aliphatic rings. The van der Waals surface area contributed by atoms with Crippen LogP contribution in [-0.2, 0) is 19.5 Å². The topological polar surface area (TPSA) is 37.8 Å². The third-order valence-corrected chi connectivity index (χ3v) is 4.59. The van der Waals surface area contributed by atoms with Crippen LogP contribution in [0.2, 0.25) is 0 Å². The third-order valence-electron chi connectivity index (χ3n) is 3.45. The summed E-state index contributed by atoms with van der Waals surface area (Å²) in [7, 11) is 0. The SMILES string of the molecule is CCc1cnc(CNCc2ccc3nc(C)ccc3c2)s1. The highest BCUT2D eigenvalue weighted by Crippen LogP contribution is 2.16. The smallest absolute Gasteiger partial charge is 0.107 e. The van der Waals surface area contributed by atoms with Crippen LogP contribution in [0.5, 0.6) is 0 Å². The molecule has 0 aliphatic heterocycles. The summed E-state index contributed by atoms with van der Waals surface area (Å²) >= 11 is 1.79. The lowest BCUT2D eigenvalue weighted by molar-refractivity contribution is 0.690. The Balaban J connectivity index is 1.63. The van der Waals surface area contributed by atoms with E-state index in [4.69, 9.17) is 0 Å². The van der Waals surface area contributed by atoms with Crippen LogP contribution in [0.25, 0.3) is 10.9 Å². The molecule has 1 aromatic carbocycles. The van der Waals surface area contributed by atoms with Gasteiger partial charge in [0.05, 0.1) is 5.52 Å². The Bertz CT molecular complexity index is 749. The van der Waals surface area contributed by atoms with E-state index in [-0.39, 0.29) is 0 Å². The van der Waals surface area contributed by atoms with Crippen LogP contribution in [0.1, 0.15) is 28.1 Å². The zero-order chi connectivity index (χ0) is 14.7. The van der Waals surface area contributed by atoms with Gasteiger partial charge in [0.1, 0.15) is 5.01 Å². The first-order valence-corrected chi connectivity index (χ1v) is 8.07. The summed E-state index contributed by atoms with van der Waals surface area (Å²) in [6.45, 7) is 5.86. The van der Waals surface area contributed by atoms with E-state index < -0.39 is 0 Å². The van der Waals surface area contributed by atoms with Crippen LogP contribution in [-0.4, -0.2) is 9.97 Å². The normalized spacial score (nSPS) is 11.1. The number of nitrogens with zero attached hydrogens (tertiary/aromatic N) is 2. The van der Waals surface area contributed by atoms with Crippen molar-refractivity contribution in [1.82, 2.24) is 15.3 Å². The van der Waals surface area contributed by atoms with E-state index in [1.165, 1.54) is 15.8 Å². The summed E-state index contributed by atoms with van der Waals surface area (Å²) in [5.74, 6) is 0. The molecule has 0 amide bonds. The lowest BCUT2D eigenvalue weighted by Crippen LogP contribution is -2.12. The van der Waals surface area contributed by atoms with Gasteiger partial charge >= 0.3 is 0 Å². The molecule has 0 atom stereocenters. The highest BCUT2D eigenvalue weighted by atomic mass is 32.1. The molecule has 0 radical (unpaired) electrons. The number of pyridine rings is 1. The van der Waals surface area contributed by atoms with E-state index in [1.54, 1.807) is 11.3 Å². The molecule has 2 aromatic heterocycles. The van der Waals surface area contributed by atoms with E-state index in [0.717, 1.165) is 35.7 Å². The molecule has 2 heterocycles. The van der Waals surface area contributed by atoms with Gasteiger partial charge in [-0.05, 0) is 37.1 Å². The predicted molar refractivity (Wildman–Crippen MR) is 88.5 cm³/mol. The van der Waals surface area contributed by atoms with E-state index >= 15 is 0 Å². The molecule has 0 unspecified atom stereocenters. The number of benzene rings is 1. The van der Waals surface area contributed by atoms with Gasteiger partial charge in [-0.15, -0.1) is 11.3 Å². The largest absolute Gasteiger partial charge is 0.306 e. The molecule has 0 spiro atoms. The Kier molecular flexibility index (Phi) is 4.27. The molecule has 0 fully saturated rings. The highest BCUT2D eigenvalue weighted by Gasteiger charge is 2.01. The number of thiazole rings is 1. The van der Waals surface area contributed by atoms with Gasteiger partial charge in [0, 0.05) is 35.2 Å². The maximum atomic E-state index is 4.53. The number of fused-ring (bicyclic) bond motifs is 1. The summed E-state index contributed by atoms with van der Waals surface area (Å²) in [6, 6.07) is 10.6. The number of rotatable bonds is 5. The minimum Gasteiger partial charge on any atom is -0.306 e. The van der Waals surface area contributed by atoms with Crippen LogP contribution in [0.3, 0.4) is 0 Å². The fourth-order valence-corrected chi connectivity index (χ4v) is 3.13. The summed E-state index contributed by atoms with van der Waals surface area (Å²) in [6.07, 6.45) is 3.04. The monoisotopic (exact) mass is 297 g/mol. The summed E-state index contributed by atoms with van der Waals surface area (Å²) in [5.41, 5.74) is 3.40. The van der Waals surface area contributed by atoms with Crippen molar-refractivity contribution in [2.24, 2.45) is 0 Å². The van der Waals surface area contributed by atoms with Crippen molar-refractivity contribution in [3.05, 3.63) is 57.7 Å². The van der Waals surface area contributed by atoms with Crippen molar-refractivity contribution in [2.75, 3.05) is 0 Å². The van der Waals surface area contributed by atoms with E-state index in [9.17, 15) is 0 Å². The Morgan fingerprint density at radius 1 is 1.14 bits per heavy atom. The Labute approximate surface area is 129 Å². The van der Waals surface area contributed by atoms with Crippen LogP contribution >= 0.6 is 11.3 Å². The van der Waals surface area contributed by atoms with Gasteiger partial charge in [0.2, 0.25) is 0 Å². The maximum absolute atomic E-state index is 4.53. The number of hydrogen-bond acceptors (Lipinski definition) is 4. The van der Waals surface area contributed by atoms with Gasteiger partial charge in [-0.1, -0.05) is 19.1 Å². The summed E-state index contributed by atoms with van der Waals surface area (Å²) in [5, 5.41) is 5.81. The van der Waals surface area contributed by atoms with E-state index in [2.05, 4.69) is 52.5 Å². The van der Waals surface area contributed by atoms with Crippen LogP contribution in [0.4, 0.5) is 0 Å². The molecule has 108 valence electrons. The lowest BCUT2D eigenvalue weighted by atomic mass is 10.1. The zero-order valence-electron chi connectivity index (χ0n) is 12.4. The fraction of sp³-hybridized carbons (Fsp3) is 0.294. The van der Waals surface area contributed by atoms with Crippen LogP contribution in [0.15, 0.2) is 36.5 Å². The number of nitrogens with one attached hydrogen (secondary N) is 1. The average molecular weight is 297 g/mol. The number of aryl methyl sites for hydroxylation is 2. The molecule has 0 saturated carbocycles. The average Bonchev–Trinajstić information content (AvgIpc) is 2.95. The van der Waals surface area contributed by atoms with Gasteiger partial charge in [-0.3, -0.25) is 4.98 Å². The molecule has 3 rings (SSSR count). The molecule has 0 aliphatic carbocycles. The lowest BCUT2D eigenvalue weighted by Gasteiger charge is -2.05. The van der Waals surface area contributed by atoms with Crippen molar-refractivity contribution in [3.8, 4) is 0 Å². The molecule has 4 heteroatoms. The Hall–Kier alpha value is -1.78. The highest BCUT2D eigenvalue weighted by molar-refractivity contribution is 7.11. The van der Waals surface area contributed by atoms with Crippen molar-refractivity contribution in [3.63, 3.8) is 0 Å². The van der Waals surface area contributed by atoms with Crippen LogP contribution < -0.4 is 5.32 Å². The first kappa shape index (κ1) is 14.2. The zero-order valence-corrected chi connectivity index (χ0v) is 13.2. The molecule has 0 saturated heterocycles. The number of aromatic nitrogens is 2. The van der Waals surface area contributed by atoms with Gasteiger partial charge in [0.25, 0.3) is 0 Å². The first-order valence-electron chi connectivity index (χ1n) is 7.25. The molecule has 3 aromatic rings. The standard InChI is InChI=1S/C17H19N3S/c1-3-15-10-19-17(21-15)11-18-9-13-5-7-16-14(8-13)6-4-12(2)20-16/h4-8,10,18H,3,9,11H2,1-2H3. The Morgan fingerprint density at radius 2 is 2.05 bits per heavy atom. The predicted octanol–water partition coefficient (Wildman–Crippen LogP) is 3.85. The maximum Gasteiger partial charge on any atom is 0.107 e. The molecular weight excluding hydrogens is 278 g/mol. The van der Waals surface area contributed by atoms with Gasteiger partial charge in [0.15, 0.2) is 0 Å². The molecule has 21 heavy (non-hydrogen) atoms. The van der Waals surface area contributed by atoms with E-state index in [0.29, 0.717) is 0 Å². The second-order valence-corrected chi connectivity index (χ2v) is 6.36. The van der Waals surface area contributed by atoms with Crippen molar-refractivity contribution >= 4 is 22.2 Å². The van der Waals surface area contributed by atoms with Gasteiger partial charge in [-0.25, -0.2) is 4.98 Å². The van der Waals surface area contributed by atoms with Crippen molar-refractivity contribution < 1.29 is 0 Å². The second-order valence-electron chi connectivity index (χ2n) is 5.16. The van der Waals surface area contributed by atoms with Gasteiger partial charge < -0.3 is 5.32 Å². The fourth-order valence-electron chi connectivity index (χ4n) is 2.29. The second kappa shape index (κ2) is 6.33. The number of hydrogen-bond donors (Lipinski definition) is 1. The van der Waals surface area contributed by atoms with E-state index in [1.807, 2.05) is 13.1 Å². The van der Waals surface area contributed by atoms with Crippen LogP contribution in [0, 0.1) is 6.92 Å². The quantitative estimate of drug-likeness (QED) is 0.777. The first-order chi connectivity index (χ1) is 10.2. The molecule has 3 nitrogen and oxygen atoms in total. The molecular formula is C17H19N3S.